The third-order valence-corrected chi connectivity index (χ3v) is 14.9. The largest absolute Gasteiger partial charge is 0.491 e. The van der Waals surface area contributed by atoms with Gasteiger partial charge in [-0.25, -0.2) is 4.98 Å². The Morgan fingerprint density at radius 2 is 1.98 bits per heavy atom. The van der Waals surface area contributed by atoms with Crippen molar-refractivity contribution in [2.24, 2.45) is 24.3 Å². The maximum atomic E-state index is 11.7. The maximum Gasteiger partial charge on any atom is 0.307 e. The number of aliphatic carboxylic acids is 1. The first kappa shape index (κ1) is 36.4. The van der Waals surface area contributed by atoms with Crippen molar-refractivity contribution in [1.29, 1.82) is 5.26 Å². The van der Waals surface area contributed by atoms with Crippen LogP contribution in [-0.2, 0) is 24.8 Å². The van der Waals surface area contributed by atoms with E-state index in [1.54, 1.807) is 0 Å². The molecule has 5 atom stereocenters. The predicted molar refractivity (Wildman–Crippen MR) is 207 cm³/mol. The van der Waals surface area contributed by atoms with E-state index in [4.69, 9.17) is 21.3 Å². The number of benzene rings is 2. The number of allylic oxidation sites excluding steroid dienone is 3. The molecule has 1 aromatic heterocycles. The number of aliphatic hydroxyl groups is 1. The third kappa shape index (κ3) is 6.53. The van der Waals surface area contributed by atoms with E-state index in [-0.39, 0.29) is 28.7 Å². The number of nitrogens with zero attached hydrogens (tertiary/aromatic N) is 5. The van der Waals surface area contributed by atoms with E-state index in [0.717, 1.165) is 90.7 Å². The number of thioether (sulfide) groups is 1. The van der Waals surface area contributed by atoms with Crippen LogP contribution in [0, 0.1) is 28.6 Å². The number of aliphatic hydroxyl groups excluding tert-OH is 1. The Bertz CT molecular complexity index is 2000. The van der Waals surface area contributed by atoms with Crippen LogP contribution in [0.3, 0.4) is 0 Å². The van der Waals surface area contributed by atoms with Gasteiger partial charge in [-0.2, -0.15) is 5.26 Å². The lowest BCUT2D eigenvalue weighted by Crippen LogP contribution is -2.57. The van der Waals surface area contributed by atoms with Gasteiger partial charge in [-0.3, -0.25) is 14.6 Å². The molecule has 278 valence electrons. The van der Waals surface area contributed by atoms with Crippen molar-refractivity contribution in [2.75, 3.05) is 32.8 Å². The second-order valence-electron chi connectivity index (χ2n) is 15.8. The number of hydrogen-bond acceptors (Lipinski definition) is 8. The lowest BCUT2D eigenvalue weighted by Gasteiger charge is -2.57. The fourth-order valence-corrected chi connectivity index (χ4v) is 11.7. The number of nitriles is 1. The van der Waals surface area contributed by atoms with Gasteiger partial charge in [-0.05, 0) is 85.4 Å². The fourth-order valence-electron chi connectivity index (χ4n) is 9.71. The number of imidazole rings is 1. The van der Waals surface area contributed by atoms with E-state index in [1.165, 1.54) is 5.57 Å². The van der Waals surface area contributed by atoms with Crippen LogP contribution in [0.15, 0.2) is 66.0 Å². The number of carbonyl (C=O) groups is 1. The highest BCUT2D eigenvalue weighted by atomic mass is 35.5. The van der Waals surface area contributed by atoms with E-state index in [1.807, 2.05) is 36.0 Å². The summed E-state index contributed by atoms with van der Waals surface area (Å²) in [5, 5.41) is 32.0. The third-order valence-electron chi connectivity index (χ3n) is 12.8. The second kappa shape index (κ2) is 14.6. The van der Waals surface area contributed by atoms with Crippen molar-refractivity contribution >= 4 is 34.9 Å². The number of fused-ring (bicyclic) bond motifs is 1. The van der Waals surface area contributed by atoms with Gasteiger partial charge in [0.25, 0.3) is 0 Å². The van der Waals surface area contributed by atoms with Crippen molar-refractivity contribution < 1.29 is 19.7 Å². The number of carboxylic acid groups (broad SMARTS) is 1. The number of ether oxygens (including phenoxy) is 1. The van der Waals surface area contributed by atoms with Crippen LogP contribution in [0.25, 0.3) is 5.57 Å². The first-order chi connectivity index (χ1) is 25.6. The van der Waals surface area contributed by atoms with Crippen molar-refractivity contribution in [3.63, 3.8) is 0 Å². The number of likely N-dealkylation sites (tertiary alicyclic amines) is 2. The molecule has 2 unspecified atom stereocenters. The normalized spacial score (nSPS) is 28.0. The molecule has 2 saturated heterocycles. The molecule has 3 aromatic rings. The molecule has 2 aliphatic heterocycles. The van der Waals surface area contributed by atoms with E-state index >= 15 is 0 Å². The number of halogens is 1. The van der Waals surface area contributed by atoms with E-state index in [9.17, 15) is 20.3 Å². The molecular weight excluding hydrogens is 706 g/mol. The van der Waals surface area contributed by atoms with Crippen LogP contribution in [0.5, 0.6) is 5.75 Å². The first-order valence-corrected chi connectivity index (χ1v) is 20.2. The lowest BCUT2D eigenvalue weighted by molar-refractivity contribution is -0.141. The zero-order valence-corrected chi connectivity index (χ0v) is 32.1. The van der Waals surface area contributed by atoms with Gasteiger partial charge in [0.1, 0.15) is 11.8 Å². The number of β-amino-alcohol motifs (C(OH)–C–C–N with tert-alkyl or cyclic N) is 1. The number of hydrogen-bond donors (Lipinski definition) is 2. The topological polar surface area (TPSA) is 115 Å². The Labute approximate surface area is 321 Å². The summed E-state index contributed by atoms with van der Waals surface area (Å²) in [7, 11) is 2.07. The summed E-state index contributed by atoms with van der Waals surface area (Å²) in [5.41, 5.74) is 5.50. The van der Waals surface area contributed by atoms with Crippen molar-refractivity contribution in [1.82, 2.24) is 19.4 Å². The van der Waals surface area contributed by atoms with Crippen LogP contribution < -0.4 is 4.74 Å². The summed E-state index contributed by atoms with van der Waals surface area (Å²) in [6, 6.07) is 14.8. The smallest absolute Gasteiger partial charge is 0.307 e. The molecule has 3 aliphatic carbocycles. The average Bonchev–Trinajstić information content (AvgIpc) is 3.94. The van der Waals surface area contributed by atoms with Gasteiger partial charge in [0.15, 0.2) is 5.16 Å². The van der Waals surface area contributed by atoms with Gasteiger partial charge in [-0.1, -0.05) is 79.2 Å². The van der Waals surface area contributed by atoms with E-state index < -0.39 is 11.4 Å². The fraction of sp³-hybridized carbons (Fsp3) is 0.500. The molecule has 8 rings (SSSR count). The Hall–Kier alpha value is -3.59. The highest BCUT2D eigenvalue weighted by Crippen LogP contribution is 2.64. The second-order valence-corrected chi connectivity index (χ2v) is 17.5. The van der Waals surface area contributed by atoms with Crippen LogP contribution in [0.1, 0.15) is 79.4 Å². The standard InChI is InChI=1S/C42H48ClN5O4S/c1-27-31(33-7-3-4-9-36(33)43)8-5-16-41(27,42(17-6-18-42)53-40-45-29(23-46(40)2)24-47-19-15-30(49)25-47)26-52-38-13-11-34-32(35(38)21-44)10-12-37(34)48-20-14-28(22-48)39(50)51/h3-5,7-9,11,13,16,23,27-28,30,37,49H,6,10,12,14-15,17-20,22,24-26H2,1-2H3,(H,50,51)/t27?,28-,30-,37-,41?/m1/s1. The molecule has 53 heavy (non-hydrogen) atoms. The Morgan fingerprint density at radius 3 is 2.68 bits per heavy atom. The minimum atomic E-state index is -0.729. The zero-order valence-electron chi connectivity index (χ0n) is 30.5. The van der Waals surface area contributed by atoms with Gasteiger partial charge in [0.2, 0.25) is 0 Å². The summed E-state index contributed by atoms with van der Waals surface area (Å²) in [5.74, 6) is -0.422. The van der Waals surface area contributed by atoms with Crippen LogP contribution in [0.4, 0.5) is 0 Å². The number of aromatic nitrogens is 2. The minimum Gasteiger partial charge on any atom is -0.491 e. The molecule has 0 bridgehead atoms. The summed E-state index contributed by atoms with van der Waals surface area (Å²) in [6.45, 7) is 6.26. The van der Waals surface area contributed by atoms with Gasteiger partial charge in [-0.15, -0.1) is 0 Å². The monoisotopic (exact) mass is 753 g/mol. The SMILES string of the molecule is CC1C(c2ccccc2Cl)=CC=CC1(COc1ccc2c(c1C#N)CC[C@H]2N1CC[C@@H](C(=O)O)C1)C1(Sc2nc(CN3CC[C@@H](O)C3)cn2C)CCC1. The van der Waals surface area contributed by atoms with E-state index in [0.29, 0.717) is 37.4 Å². The quantitative estimate of drug-likeness (QED) is 0.209. The van der Waals surface area contributed by atoms with Gasteiger partial charge < -0.3 is 19.5 Å². The Kier molecular flexibility index (Phi) is 10.0. The van der Waals surface area contributed by atoms with Crippen LogP contribution in [-0.4, -0.2) is 79.2 Å². The van der Waals surface area contributed by atoms with Crippen LogP contribution >= 0.6 is 23.4 Å². The summed E-state index contributed by atoms with van der Waals surface area (Å²) in [6.07, 6.45) is 14.8. The maximum absolute atomic E-state index is 11.7. The van der Waals surface area contributed by atoms with E-state index in [2.05, 4.69) is 71.0 Å². The molecular formula is C42H48ClN5O4S. The molecule has 3 fully saturated rings. The van der Waals surface area contributed by atoms with Gasteiger partial charge in [0, 0.05) is 60.7 Å². The predicted octanol–water partition coefficient (Wildman–Crippen LogP) is 7.28. The first-order valence-electron chi connectivity index (χ1n) is 19.0. The van der Waals surface area contributed by atoms with Crippen molar-refractivity contribution in [2.45, 2.75) is 80.5 Å². The van der Waals surface area contributed by atoms with Crippen LogP contribution in [0.2, 0.25) is 5.02 Å². The number of rotatable bonds is 11. The lowest BCUT2D eigenvalue weighted by atomic mass is 9.56. The highest BCUT2D eigenvalue weighted by molar-refractivity contribution is 8.00. The molecule has 3 heterocycles. The minimum absolute atomic E-state index is 0.0349. The van der Waals surface area contributed by atoms with Gasteiger partial charge >= 0.3 is 5.97 Å². The molecule has 2 N–H and O–H groups in total. The van der Waals surface area contributed by atoms with Crippen molar-refractivity contribution in [3.05, 3.63) is 93.8 Å². The van der Waals surface area contributed by atoms with Gasteiger partial charge in [0.05, 0.1) is 29.9 Å². The average molecular weight is 754 g/mol. The molecule has 0 radical (unpaired) electrons. The number of carboxylic acids is 1. The molecule has 0 amide bonds. The molecule has 1 saturated carbocycles. The highest BCUT2D eigenvalue weighted by Gasteiger charge is 2.59. The summed E-state index contributed by atoms with van der Waals surface area (Å²) >= 11 is 8.71. The van der Waals surface area contributed by atoms with Crippen molar-refractivity contribution in [3.8, 4) is 11.8 Å². The zero-order chi connectivity index (χ0) is 36.9. The summed E-state index contributed by atoms with van der Waals surface area (Å²) < 4.78 is 8.87. The Morgan fingerprint density at radius 1 is 1.15 bits per heavy atom. The molecule has 11 heteroatoms. The Balaban J connectivity index is 1.12. The molecule has 9 nitrogen and oxygen atoms in total. The molecule has 2 aromatic carbocycles. The molecule has 0 spiro atoms. The summed E-state index contributed by atoms with van der Waals surface area (Å²) in [4.78, 5) is 21.4. The molecule has 5 aliphatic rings. The number of aryl methyl sites for hydroxylation is 1.